The first-order chi connectivity index (χ1) is 12.6. The van der Waals surface area contributed by atoms with E-state index in [-0.39, 0.29) is 48.6 Å². The largest absolute Gasteiger partial charge is 0.349 e. The van der Waals surface area contributed by atoms with Crippen LogP contribution in [0.4, 0.5) is 0 Å². The minimum atomic E-state index is -0.135. The second kappa shape index (κ2) is 7.22. The van der Waals surface area contributed by atoms with E-state index in [0.717, 1.165) is 44.9 Å². The molecule has 2 aliphatic carbocycles. The predicted molar refractivity (Wildman–Crippen MR) is 97.0 cm³/mol. The van der Waals surface area contributed by atoms with Crippen LogP contribution >= 0.6 is 0 Å². The number of likely N-dealkylation sites (tertiary alicyclic amines) is 1. The van der Waals surface area contributed by atoms with Crippen LogP contribution in [0.15, 0.2) is 24.3 Å². The lowest BCUT2D eigenvalue weighted by Gasteiger charge is -2.26. The Kier molecular flexibility index (Phi) is 4.79. The highest BCUT2D eigenvalue weighted by molar-refractivity contribution is 6.05. The highest BCUT2D eigenvalue weighted by Crippen LogP contribution is 2.38. The van der Waals surface area contributed by atoms with Crippen LogP contribution in [-0.4, -0.2) is 29.2 Å². The Morgan fingerprint density at radius 1 is 1.00 bits per heavy atom. The number of benzene rings is 1. The average molecular weight is 354 g/mol. The van der Waals surface area contributed by atoms with Gasteiger partial charge in [-0.05, 0) is 43.2 Å². The second-order valence-electron chi connectivity index (χ2n) is 7.79. The lowest BCUT2D eigenvalue weighted by Crippen LogP contribution is -2.37. The fourth-order valence-electron chi connectivity index (χ4n) is 4.84. The number of aryl methyl sites for hydroxylation is 1. The minimum absolute atomic E-state index is 0.0417. The first-order valence-corrected chi connectivity index (χ1v) is 9.87. The first-order valence-electron chi connectivity index (χ1n) is 9.87. The second-order valence-corrected chi connectivity index (χ2v) is 7.79. The number of fused-ring (bicyclic) bond motifs is 2. The molecular weight excluding hydrogens is 328 g/mol. The van der Waals surface area contributed by atoms with Gasteiger partial charge in [-0.15, -0.1) is 0 Å². The quantitative estimate of drug-likeness (QED) is 0.846. The summed E-state index contributed by atoms with van der Waals surface area (Å²) in [7, 11) is 0. The number of nitrogens with one attached hydrogen (secondary N) is 1. The zero-order valence-corrected chi connectivity index (χ0v) is 15.1. The molecule has 1 aliphatic heterocycles. The van der Waals surface area contributed by atoms with Gasteiger partial charge in [0.1, 0.15) is 0 Å². The highest BCUT2D eigenvalue weighted by atomic mass is 16.2. The molecule has 3 atom stereocenters. The van der Waals surface area contributed by atoms with E-state index in [4.69, 9.17) is 0 Å². The normalized spacial score (nSPS) is 27.8. The standard InChI is InChI=1S/C21H26N2O3/c24-19(22-18-11-5-7-14-6-1-2-8-15(14)18)12-13-23-20(25)16-9-3-4-10-17(16)21(23)26/h1-2,6,8,16-18H,3-5,7,9-13H2,(H,22,24)/t16-,17-,18+/m1/s1. The van der Waals surface area contributed by atoms with Crippen LogP contribution in [0.1, 0.15) is 62.1 Å². The van der Waals surface area contributed by atoms with E-state index in [2.05, 4.69) is 17.4 Å². The Balaban J connectivity index is 1.35. The van der Waals surface area contributed by atoms with Crippen molar-refractivity contribution in [3.63, 3.8) is 0 Å². The molecule has 0 spiro atoms. The molecule has 0 bridgehead atoms. The molecule has 1 saturated heterocycles. The molecule has 5 nitrogen and oxygen atoms in total. The molecule has 138 valence electrons. The molecule has 1 N–H and O–H groups in total. The molecule has 2 fully saturated rings. The van der Waals surface area contributed by atoms with Gasteiger partial charge >= 0.3 is 0 Å². The summed E-state index contributed by atoms with van der Waals surface area (Å²) in [6.45, 7) is 0.213. The zero-order valence-electron chi connectivity index (χ0n) is 15.1. The van der Waals surface area contributed by atoms with Crippen molar-refractivity contribution in [1.82, 2.24) is 10.2 Å². The van der Waals surface area contributed by atoms with Gasteiger partial charge in [0, 0.05) is 13.0 Å². The Hall–Kier alpha value is -2.17. The van der Waals surface area contributed by atoms with Crippen molar-refractivity contribution < 1.29 is 14.4 Å². The summed E-state index contributed by atoms with van der Waals surface area (Å²) in [5.74, 6) is -0.470. The lowest BCUT2D eigenvalue weighted by molar-refractivity contribution is -0.140. The SMILES string of the molecule is O=C(CCN1C(=O)[C@@H]2CCCC[C@H]2C1=O)N[C@H]1CCCc2ccccc21. The van der Waals surface area contributed by atoms with Gasteiger partial charge in [0.25, 0.3) is 0 Å². The Bertz CT molecular complexity index is 706. The molecule has 0 unspecified atom stereocenters. The van der Waals surface area contributed by atoms with Crippen molar-refractivity contribution in [2.45, 2.75) is 57.4 Å². The molecule has 3 aliphatic rings. The van der Waals surface area contributed by atoms with Crippen LogP contribution in [0, 0.1) is 11.8 Å². The fourth-order valence-corrected chi connectivity index (χ4v) is 4.84. The summed E-state index contributed by atoms with van der Waals surface area (Å²) in [6.07, 6.45) is 6.93. The Labute approximate surface area is 154 Å². The van der Waals surface area contributed by atoms with Gasteiger partial charge in [-0.1, -0.05) is 37.1 Å². The van der Waals surface area contributed by atoms with E-state index in [1.54, 1.807) is 0 Å². The number of carbonyl (C=O) groups is 3. The average Bonchev–Trinajstić information content (AvgIpc) is 2.91. The number of nitrogens with zero attached hydrogens (tertiary/aromatic N) is 1. The van der Waals surface area contributed by atoms with E-state index in [0.29, 0.717) is 0 Å². The molecule has 4 rings (SSSR count). The summed E-state index contributed by atoms with van der Waals surface area (Å²) >= 11 is 0. The first kappa shape index (κ1) is 17.3. The van der Waals surface area contributed by atoms with Crippen molar-refractivity contribution in [1.29, 1.82) is 0 Å². The Morgan fingerprint density at radius 3 is 2.42 bits per heavy atom. The van der Waals surface area contributed by atoms with Gasteiger partial charge in [-0.25, -0.2) is 0 Å². The van der Waals surface area contributed by atoms with Crippen LogP contribution in [-0.2, 0) is 20.8 Å². The molecule has 1 aromatic rings. The molecule has 0 radical (unpaired) electrons. The molecule has 1 saturated carbocycles. The summed E-state index contributed by atoms with van der Waals surface area (Å²) in [5, 5.41) is 3.10. The summed E-state index contributed by atoms with van der Waals surface area (Å²) < 4.78 is 0. The molecule has 26 heavy (non-hydrogen) atoms. The van der Waals surface area contributed by atoms with E-state index in [9.17, 15) is 14.4 Å². The van der Waals surface area contributed by atoms with Crippen LogP contribution in [0.5, 0.6) is 0 Å². The molecule has 1 heterocycles. The van der Waals surface area contributed by atoms with Crippen LogP contribution in [0.25, 0.3) is 0 Å². The third-order valence-electron chi connectivity index (χ3n) is 6.20. The zero-order chi connectivity index (χ0) is 18.1. The van der Waals surface area contributed by atoms with Crippen LogP contribution in [0.2, 0.25) is 0 Å². The monoisotopic (exact) mass is 354 g/mol. The molecule has 3 amide bonds. The van der Waals surface area contributed by atoms with Crippen molar-refractivity contribution in [2.75, 3.05) is 6.54 Å². The maximum atomic E-state index is 12.5. The van der Waals surface area contributed by atoms with Crippen molar-refractivity contribution in [3.8, 4) is 0 Å². The lowest BCUT2D eigenvalue weighted by atomic mass is 9.81. The van der Waals surface area contributed by atoms with E-state index in [1.165, 1.54) is 16.0 Å². The van der Waals surface area contributed by atoms with Gasteiger partial charge in [-0.3, -0.25) is 19.3 Å². The number of hydrogen-bond donors (Lipinski definition) is 1. The third kappa shape index (κ3) is 3.15. The Morgan fingerprint density at radius 2 is 1.69 bits per heavy atom. The van der Waals surface area contributed by atoms with E-state index >= 15 is 0 Å². The van der Waals surface area contributed by atoms with Gasteiger partial charge in [0.15, 0.2) is 0 Å². The molecule has 1 aromatic carbocycles. The maximum Gasteiger partial charge on any atom is 0.233 e. The predicted octanol–water partition coefficient (Wildman–Crippen LogP) is 2.75. The number of imide groups is 1. The number of rotatable bonds is 4. The van der Waals surface area contributed by atoms with Gasteiger partial charge < -0.3 is 5.32 Å². The molecule has 5 heteroatoms. The number of carbonyl (C=O) groups excluding carboxylic acids is 3. The number of hydrogen-bond acceptors (Lipinski definition) is 3. The maximum absolute atomic E-state index is 12.5. The summed E-state index contributed by atoms with van der Waals surface area (Å²) in [5.41, 5.74) is 2.50. The smallest absolute Gasteiger partial charge is 0.233 e. The van der Waals surface area contributed by atoms with Crippen molar-refractivity contribution >= 4 is 17.7 Å². The topological polar surface area (TPSA) is 66.5 Å². The van der Waals surface area contributed by atoms with Crippen LogP contribution in [0.3, 0.4) is 0 Å². The highest BCUT2D eigenvalue weighted by Gasteiger charge is 2.47. The van der Waals surface area contributed by atoms with Crippen molar-refractivity contribution in [2.24, 2.45) is 11.8 Å². The van der Waals surface area contributed by atoms with Crippen molar-refractivity contribution in [3.05, 3.63) is 35.4 Å². The summed E-state index contributed by atoms with van der Waals surface area (Å²) in [6, 6.07) is 8.29. The summed E-state index contributed by atoms with van der Waals surface area (Å²) in [4.78, 5) is 38.8. The fraction of sp³-hybridized carbons (Fsp3) is 0.571. The van der Waals surface area contributed by atoms with Crippen LogP contribution < -0.4 is 5.32 Å². The van der Waals surface area contributed by atoms with Gasteiger partial charge in [0.05, 0.1) is 17.9 Å². The van der Waals surface area contributed by atoms with Gasteiger partial charge in [0.2, 0.25) is 17.7 Å². The van der Waals surface area contributed by atoms with E-state index < -0.39 is 0 Å². The number of amides is 3. The minimum Gasteiger partial charge on any atom is -0.349 e. The van der Waals surface area contributed by atoms with E-state index in [1.807, 2.05) is 12.1 Å². The third-order valence-corrected chi connectivity index (χ3v) is 6.20. The van der Waals surface area contributed by atoms with Gasteiger partial charge in [-0.2, -0.15) is 0 Å². The molecule has 0 aromatic heterocycles. The molecular formula is C21H26N2O3.